The normalized spacial score (nSPS) is 17.8. The van der Waals surface area contributed by atoms with E-state index in [0.29, 0.717) is 23.0 Å². The number of nitrogens with zero attached hydrogens (tertiary/aromatic N) is 2. The zero-order chi connectivity index (χ0) is 30.2. The van der Waals surface area contributed by atoms with Gasteiger partial charge in [-0.15, -0.1) is 0 Å². The monoisotopic (exact) mass is 595 g/mol. The fourth-order valence-corrected chi connectivity index (χ4v) is 5.90. The Kier molecular flexibility index (Phi) is 11.0. The number of hydrogen-bond acceptors (Lipinski definition) is 5. The topological polar surface area (TPSA) is 125 Å². The molecule has 1 saturated heterocycles. The predicted octanol–water partition coefficient (Wildman–Crippen LogP) is 3.80. The molecule has 4 rings (SSSR count). The van der Waals surface area contributed by atoms with E-state index in [-0.39, 0.29) is 44.2 Å². The standard InChI is InChI=1S/C32H42ClN5O4/c1-3-22-13-16-37(17-14-22)29(39)10-11-30(40)38-20-24-7-5-4-6-23(24)19-28(38)32(42)36-27(12-15-34)31(41)35-25-8-9-26(33)21(2)18-25/h4-9,18,22,27-28H,3,10-17,19-20,34H2,1-2H3,(H,35,41)(H,36,42)/t27-,28-/m0/s1. The third-order valence-electron chi connectivity index (χ3n) is 8.48. The van der Waals surface area contributed by atoms with Crippen molar-refractivity contribution in [3.05, 3.63) is 64.2 Å². The van der Waals surface area contributed by atoms with Gasteiger partial charge in [-0.25, -0.2) is 0 Å². The number of fused-ring (bicyclic) bond motifs is 1. The van der Waals surface area contributed by atoms with Crippen LogP contribution in [0.3, 0.4) is 0 Å². The van der Waals surface area contributed by atoms with Gasteiger partial charge in [-0.1, -0.05) is 49.2 Å². The summed E-state index contributed by atoms with van der Waals surface area (Å²) in [4.78, 5) is 56.7. The molecule has 0 spiro atoms. The number of amides is 4. The summed E-state index contributed by atoms with van der Waals surface area (Å²) in [6.45, 7) is 5.93. The molecule has 0 aromatic heterocycles. The van der Waals surface area contributed by atoms with E-state index in [0.717, 1.165) is 49.0 Å². The van der Waals surface area contributed by atoms with Crippen LogP contribution in [0, 0.1) is 12.8 Å². The lowest BCUT2D eigenvalue weighted by Gasteiger charge is -2.37. The van der Waals surface area contributed by atoms with Gasteiger partial charge in [0.2, 0.25) is 23.6 Å². The Morgan fingerprint density at radius 1 is 1.02 bits per heavy atom. The van der Waals surface area contributed by atoms with E-state index < -0.39 is 23.9 Å². The maximum absolute atomic E-state index is 13.7. The third-order valence-corrected chi connectivity index (χ3v) is 8.91. The quantitative estimate of drug-likeness (QED) is 0.385. The van der Waals surface area contributed by atoms with Crippen LogP contribution < -0.4 is 16.4 Å². The Hall–Kier alpha value is -3.43. The molecule has 0 bridgehead atoms. The molecular weight excluding hydrogens is 554 g/mol. The van der Waals surface area contributed by atoms with Crippen LogP contribution in [0.25, 0.3) is 0 Å². The number of nitrogens with two attached hydrogens (primary N) is 1. The molecule has 0 saturated carbocycles. The second kappa shape index (κ2) is 14.6. The van der Waals surface area contributed by atoms with Crippen molar-refractivity contribution in [2.45, 2.75) is 77.4 Å². The number of hydrogen-bond donors (Lipinski definition) is 3. The number of piperidine rings is 1. The predicted molar refractivity (Wildman–Crippen MR) is 164 cm³/mol. The number of carbonyl (C=O) groups excluding carboxylic acids is 4. The average molecular weight is 596 g/mol. The summed E-state index contributed by atoms with van der Waals surface area (Å²) in [7, 11) is 0. The fraction of sp³-hybridized carbons (Fsp3) is 0.500. The van der Waals surface area contributed by atoms with Crippen LogP contribution in [0.1, 0.15) is 62.1 Å². The molecule has 2 aromatic carbocycles. The second-order valence-electron chi connectivity index (χ2n) is 11.3. The summed E-state index contributed by atoms with van der Waals surface area (Å²) >= 11 is 6.11. The number of nitrogens with one attached hydrogen (secondary N) is 2. The van der Waals surface area contributed by atoms with Crippen LogP contribution in [-0.4, -0.2) is 65.1 Å². The molecule has 226 valence electrons. The molecule has 1 fully saturated rings. The summed E-state index contributed by atoms with van der Waals surface area (Å²) < 4.78 is 0. The first kappa shape index (κ1) is 31.5. The number of likely N-dealkylation sites (tertiary alicyclic amines) is 1. The van der Waals surface area contributed by atoms with Gasteiger partial charge >= 0.3 is 0 Å². The molecule has 9 nitrogen and oxygen atoms in total. The van der Waals surface area contributed by atoms with E-state index in [1.54, 1.807) is 23.1 Å². The number of aryl methyl sites for hydroxylation is 1. The number of benzene rings is 2. The smallest absolute Gasteiger partial charge is 0.246 e. The zero-order valence-corrected chi connectivity index (χ0v) is 25.3. The van der Waals surface area contributed by atoms with Gasteiger partial charge < -0.3 is 26.2 Å². The molecule has 2 aromatic rings. The van der Waals surface area contributed by atoms with Crippen LogP contribution in [-0.2, 0) is 32.1 Å². The number of rotatable bonds is 10. The van der Waals surface area contributed by atoms with Crippen molar-refractivity contribution in [3.8, 4) is 0 Å². The Labute approximate surface area is 253 Å². The lowest BCUT2D eigenvalue weighted by atomic mass is 9.92. The highest BCUT2D eigenvalue weighted by Crippen LogP contribution is 2.26. The molecular formula is C32H42ClN5O4. The first-order chi connectivity index (χ1) is 20.2. The molecule has 0 unspecified atom stereocenters. The third kappa shape index (κ3) is 7.89. The Morgan fingerprint density at radius 2 is 1.71 bits per heavy atom. The molecule has 2 aliphatic rings. The first-order valence-corrected chi connectivity index (χ1v) is 15.3. The highest BCUT2D eigenvalue weighted by atomic mass is 35.5. The zero-order valence-electron chi connectivity index (χ0n) is 24.5. The average Bonchev–Trinajstić information content (AvgIpc) is 3.00. The molecule has 2 heterocycles. The van der Waals surface area contributed by atoms with E-state index in [4.69, 9.17) is 17.3 Å². The molecule has 4 N–H and O–H groups in total. The molecule has 2 aliphatic heterocycles. The summed E-state index contributed by atoms with van der Waals surface area (Å²) in [6.07, 6.45) is 3.80. The van der Waals surface area contributed by atoms with Crippen LogP contribution >= 0.6 is 11.6 Å². The summed E-state index contributed by atoms with van der Waals surface area (Å²) in [5.74, 6) is -0.441. The van der Waals surface area contributed by atoms with Crippen molar-refractivity contribution < 1.29 is 19.2 Å². The molecule has 0 aliphatic carbocycles. The van der Waals surface area contributed by atoms with Gasteiger partial charge in [0.05, 0.1) is 0 Å². The number of carbonyl (C=O) groups is 4. The van der Waals surface area contributed by atoms with E-state index in [9.17, 15) is 19.2 Å². The largest absolute Gasteiger partial charge is 0.343 e. The van der Waals surface area contributed by atoms with E-state index >= 15 is 0 Å². The number of halogens is 1. The minimum absolute atomic E-state index is 0.0200. The van der Waals surface area contributed by atoms with Crippen LogP contribution in [0.5, 0.6) is 0 Å². The molecule has 0 radical (unpaired) electrons. The molecule has 4 amide bonds. The van der Waals surface area contributed by atoms with Crippen molar-refractivity contribution in [2.24, 2.45) is 11.7 Å². The van der Waals surface area contributed by atoms with Gasteiger partial charge in [0.1, 0.15) is 12.1 Å². The van der Waals surface area contributed by atoms with Gasteiger partial charge in [0.25, 0.3) is 0 Å². The minimum atomic E-state index is -0.889. The number of anilines is 1. The van der Waals surface area contributed by atoms with Gasteiger partial charge in [0.15, 0.2) is 0 Å². The highest BCUT2D eigenvalue weighted by molar-refractivity contribution is 6.31. The van der Waals surface area contributed by atoms with E-state index in [2.05, 4.69) is 17.6 Å². The van der Waals surface area contributed by atoms with Crippen molar-refractivity contribution in [3.63, 3.8) is 0 Å². The van der Waals surface area contributed by atoms with Gasteiger partial charge in [-0.05, 0) is 73.5 Å². The lowest BCUT2D eigenvalue weighted by Crippen LogP contribution is -2.56. The van der Waals surface area contributed by atoms with Crippen LogP contribution in [0.2, 0.25) is 5.02 Å². The first-order valence-electron chi connectivity index (χ1n) is 14.9. The van der Waals surface area contributed by atoms with Crippen molar-refractivity contribution in [1.82, 2.24) is 15.1 Å². The molecule has 10 heteroatoms. The van der Waals surface area contributed by atoms with Crippen LogP contribution in [0.15, 0.2) is 42.5 Å². The summed E-state index contributed by atoms with van der Waals surface area (Å²) in [6, 6.07) is 11.2. The van der Waals surface area contributed by atoms with E-state index in [1.165, 1.54) is 0 Å². The van der Waals surface area contributed by atoms with Crippen molar-refractivity contribution in [1.29, 1.82) is 0 Å². The Bertz CT molecular complexity index is 1290. The summed E-state index contributed by atoms with van der Waals surface area (Å²) in [5.41, 5.74) is 9.12. The molecule has 2 atom stereocenters. The Balaban J connectivity index is 1.44. The maximum Gasteiger partial charge on any atom is 0.246 e. The van der Waals surface area contributed by atoms with Crippen molar-refractivity contribution >= 4 is 40.9 Å². The van der Waals surface area contributed by atoms with Crippen LogP contribution in [0.4, 0.5) is 5.69 Å². The summed E-state index contributed by atoms with van der Waals surface area (Å²) in [5, 5.41) is 6.27. The maximum atomic E-state index is 13.7. The fourth-order valence-electron chi connectivity index (χ4n) is 5.78. The second-order valence-corrected chi connectivity index (χ2v) is 11.7. The lowest BCUT2D eigenvalue weighted by molar-refractivity contribution is -0.144. The SMILES string of the molecule is CCC1CCN(C(=O)CCC(=O)N2Cc3ccccc3C[C@H]2C(=O)N[C@@H](CCN)C(=O)Nc2ccc(Cl)c(C)c2)CC1. The highest BCUT2D eigenvalue weighted by Gasteiger charge is 2.36. The van der Waals surface area contributed by atoms with Crippen molar-refractivity contribution in [2.75, 3.05) is 25.0 Å². The molecule has 42 heavy (non-hydrogen) atoms. The van der Waals surface area contributed by atoms with Gasteiger partial charge in [-0.3, -0.25) is 19.2 Å². The Morgan fingerprint density at radius 3 is 2.38 bits per heavy atom. The van der Waals surface area contributed by atoms with Gasteiger partial charge in [-0.2, -0.15) is 0 Å². The minimum Gasteiger partial charge on any atom is -0.343 e. The van der Waals surface area contributed by atoms with E-state index in [1.807, 2.05) is 36.1 Å². The van der Waals surface area contributed by atoms with Gasteiger partial charge in [0, 0.05) is 49.6 Å².